The normalized spacial score (nSPS) is 23.9. The van der Waals surface area contributed by atoms with Crippen LogP contribution in [0.3, 0.4) is 0 Å². The highest BCUT2D eigenvalue weighted by atomic mass is 35.5. The fraction of sp³-hybridized carbons (Fsp3) is 0.450. The van der Waals surface area contributed by atoms with E-state index in [1.807, 2.05) is 30.2 Å². The molecule has 2 unspecified atom stereocenters. The minimum atomic E-state index is -0.522. The quantitative estimate of drug-likeness (QED) is 0.760. The standard InChI is InChI=1S/C20H24ClN5O2/c1-4-5-10-24-13(2)11-25-16-17(22-19(24)25)23(3)20(28)26(18(16)27)12-14-6-8-15(21)9-7-14/h6-9,11,16-17H,4-5,10,12H2,1-3H3. The number of guanidine groups is 1. The molecular formula is C20H24ClN5O2. The van der Waals surface area contributed by atoms with E-state index in [1.54, 1.807) is 24.1 Å². The Hall–Kier alpha value is -2.54. The van der Waals surface area contributed by atoms with Crippen molar-refractivity contribution in [3.8, 4) is 0 Å². The zero-order valence-corrected chi connectivity index (χ0v) is 17.1. The van der Waals surface area contributed by atoms with E-state index in [0.717, 1.165) is 36.6 Å². The lowest BCUT2D eigenvalue weighted by molar-refractivity contribution is -0.137. The molecule has 1 fully saturated rings. The van der Waals surface area contributed by atoms with E-state index in [4.69, 9.17) is 16.6 Å². The van der Waals surface area contributed by atoms with Crippen molar-refractivity contribution in [1.29, 1.82) is 0 Å². The maximum absolute atomic E-state index is 13.3. The fourth-order valence-electron chi connectivity index (χ4n) is 3.91. The number of halogens is 1. The van der Waals surface area contributed by atoms with Gasteiger partial charge in [-0.25, -0.2) is 9.79 Å². The molecule has 7 nitrogen and oxygen atoms in total. The summed E-state index contributed by atoms with van der Waals surface area (Å²) in [5.74, 6) is 0.547. The highest BCUT2D eigenvalue weighted by Gasteiger charge is 2.54. The van der Waals surface area contributed by atoms with Crippen molar-refractivity contribution >= 4 is 29.5 Å². The number of hydrogen-bond acceptors (Lipinski definition) is 5. The number of allylic oxidation sites excluding steroid dienone is 1. The van der Waals surface area contributed by atoms with E-state index >= 15 is 0 Å². The molecule has 0 saturated carbocycles. The van der Waals surface area contributed by atoms with E-state index in [2.05, 4.69) is 11.8 Å². The second-order valence-electron chi connectivity index (χ2n) is 7.41. The number of unbranched alkanes of at least 4 members (excludes halogenated alkanes) is 1. The number of amides is 3. The van der Waals surface area contributed by atoms with Crippen LogP contribution in [0.1, 0.15) is 32.3 Å². The van der Waals surface area contributed by atoms with Crippen LogP contribution < -0.4 is 0 Å². The first kappa shape index (κ1) is 18.8. The first-order valence-electron chi connectivity index (χ1n) is 9.57. The largest absolute Gasteiger partial charge is 0.328 e. The Morgan fingerprint density at radius 2 is 1.86 bits per heavy atom. The Morgan fingerprint density at radius 3 is 2.54 bits per heavy atom. The number of carbonyl (C=O) groups excluding carboxylic acids is 2. The number of carbonyl (C=O) groups is 2. The summed E-state index contributed by atoms with van der Waals surface area (Å²) in [6, 6.07) is 6.34. The smallest absolute Gasteiger partial charge is 0.315 e. The summed E-state index contributed by atoms with van der Waals surface area (Å²) in [5.41, 5.74) is 1.93. The Kier molecular flexibility index (Phi) is 4.79. The maximum atomic E-state index is 13.3. The molecule has 0 aromatic heterocycles. The van der Waals surface area contributed by atoms with Gasteiger partial charge in [-0.15, -0.1) is 0 Å². The molecule has 0 radical (unpaired) electrons. The Balaban J connectivity index is 1.60. The minimum Gasteiger partial charge on any atom is -0.315 e. The van der Waals surface area contributed by atoms with E-state index in [1.165, 1.54) is 4.90 Å². The minimum absolute atomic E-state index is 0.216. The van der Waals surface area contributed by atoms with Crippen LogP contribution in [0.15, 0.2) is 41.2 Å². The van der Waals surface area contributed by atoms with Gasteiger partial charge in [-0.1, -0.05) is 37.1 Å². The average Bonchev–Trinajstić information content (AvgIpc) is 3.18. The molecule has 1 aromatic rings. The van der Waals surface area contributed by atoms with Gasteiger partial charge >= 0.3 is 6.03 Å². The van der Waals surface area contributed by atoms with Crippen LogP contribution in [-0.2, 0) is 11.3 Å². The molecule has 1 saturated heterocycles. The van der Waals surface area contributed by atoms with Crippen molar-refractivity contribution in [3.05, 3.63) is 46.7 Å². The van der Waals surface area contributed by atoms with Crippen LogP contribution in [0.5, 0.6) is 0 Å². The zero-order valence-electron chi connectivity index (χ0n) is 16.3. The maximum Gasteiger partial charge on any atom is 0.328 e. The fourth-order valence-corrected chi connectivity index (χ4v) is 4.04. The van der Waals surface area contributed by atoms with Gasteiger partial charge in [0, 0.05) is 30.5 Å². The number of hydrogen-bond donors (Lipinski definition) is 0. The lowest BCUT2D eigenvalue weighted by Gasteiger charge is -2.40. The molecule has 3 aliphatic rings. The van der Waals surface area contributed by atoms with Crippen LogP contribution >= 0.6 is 11.6 Å². The molecule has 3 amide bonds. The van der Waals surface area contributed by atoms with Gasteiger partial charge in [-0.3, -0.25) is 9.69 Å². The number of aliphatic imine (C=N–C) groups is 1. The van der Waals surface area contributed by atoms with Crippen LogP contribution in [0, 0.1) is 0 Å². The third-order valence-corrected chi connectivity index (χ3v) is 5.74. The van der Waals surface area contributed by atoms with Gasteiger partial charge in [-0.05, 0) is 31.0 Å². The number of rotatable bonds is 5. The molecule has 28 heavy (non-hydrogen) atoms. The summed E-state index contributed by atoms with van der Waals surface area (Å²) in [5, 5.41) is 0.621. The summed E-state index contributed by atoms with van der Waals surface area (Å²) in [6.45, 7) is 5.24. The van der Waals surface area contributed by atoms with Crippen molar-refractivity contribution in [2.24, 2.45) is 4.99 Å². The lowest BCUT2D eigenvalue weighted by atomic mass is 10.1. The molecule has 0 aliphatic carbocycles. The molecule has 0 N–H and O–H groups in total. The summed E-state index contributed by atoms with van der Waals surface area (Å²) in [4.78, 5) is 37.9. The first-order valence-corrected chi connectivity index (χ1v) is 9.95. The number of benzene rings is 1. The van der Waals surface area contributed by atoms with Crippen LogP contribution in [0.4, 0.5) is 4.79 Å². The molecule has 8 heteroatoms. The second kappa shape index (κ2) is 7.13. The number of fused-ring (bicyclic) bond motifs is 3. The topological polar surface area (TPSA) is 59.5 Å². The molecule has 1 aromatic carbocycles. The van der Waals surface area contributed by atoms with Crippen LogP contribution in [0.2, 0.25) is 5.02 Å². The first-order chi connectivity index (χ1) is 13.4. The van der Waals surface area contributed by atoms with Crippen molar-refractivity contribution in [2.75, 3.05) is 13.6 Å². The Morgan fingerprint density at radius 1 is 1.14 bits per heavy atom. The SMILES string of the molecule is CCCCN1C(C)=CN2C1=NC1C2C(=O)N(Cc2ccc(Cl)cc2)C(=O)N1C. The summed E-state index contributed by atoms with van der Waals surface area (Å²) >= 11 is 5.94. The highest BCUT2D eigenvalue weighted by Crippen LogP contribution is 2.34. The van der Waals surface area contributed by atoms with Crippen LogP contribution in [-0.4, -0.2) is 63.3 Å². The predicted octanol–water partition coefficient (Wildman–Crippen LogP) is 3.08. The van der Waals surface area contributed by atoms with E-state index in [-0.39, 0.29) is 18.5 Å². The Bertz CT molecular complexity index is 866. The number of likely N-dealkylation sites (N-methyl/N-ethyl adjacent to an activating group) is 1. The molecule has 0 spiro atoms. The average molecular weight is 402 g/mol. The molecule has 2 atom stereocenters. The second-order valence-corrected chi connectivity index (χ2v) is 7.85. The molecule has 148 valence electrons. The number of urea groups is 1. The summed E-state index contributed by atoms with van der Waals surface area (Å²) in [6.07, 6.45) is 3.60. The van der Waals surface area contributed by atoms with Crippen molar-refractivity contribution in [3.63, 3.8) is 0 Å². The summed E-state index contributed by atoms with van der Waals surface area (Å²) < 4.78 is 0. The van der Waals surface area contributed by atoms with E-state index in [9.17, 15) is 9.59 Å². The van der Waals surface area contributed by atoms with Gasteiger partial charge < -0.3 is 14.7 Å². The monoisotopic (exact) mass is 401 g/mol. The predicted molar refractivity (Wildman–Crippen MR) is 107 cm³/mol. The zero-order chi connectivity index (χ0) is 20.0. The highest BCUT2D eigenvalue weighted by molar-refractivity contribution is 6.30. The van der Waals surface area contributed by atoms with Crippen LogP contribution in [0.25, 0.3) is 0 Å². The summed E-state index contributed by atoms with van der Waals surface area (Å²) in [7, 11) is 1.71. The number of imide groups is 1. The van der Waals surface area contributed by atoms with Gasteiger partial charge in [0.2, 0.25) is 5.96 Å². The van der Waals surface area contributed by atoms with E-state index < -0.39 is 12.2 Å². The molecule has 3 heterocycles. The third kappa shape index (κ3) is 2.94. The Labute approximate surface area is 169 Å². The van der Waals surface area contributed by atoms with Gasteiger partial charge in [0.25, 0.3) is 5.91 Å². The van der Waals surface area contributed by atoms with Gasteiger partial charge in [0.15, 0.2) is 12.2 Å². The third-order valence-electron chi connectivity index (χ3n) is 5.49. The van der Waals surface area contributed by atoms with E-state index in [0.29, 0.717) is 5.02 Å². The molecule has 4 rings (SSSR count). The van der Waals surface area contributed by atoms with Crippen molar-refractivity contribution in [2.45, 2.75) is 45.4 Å². The van der Waals surface area contributed by atoms with Crippen molar-refractivity contribution in [1.82, 2.24) is 19.6 Å². The molecular weight excluding hydrogens is 378 g/mol. The van der Waals surface area contributed by atoms with Crippen molar-refractivity contribution < 1.29 is 9.59 Å². The van der Waals surface area contributed by atoms with Gasteiger partial charge in [0.1, 0.15) is 0 Å². The van der Waals surface area contributed by atoms with Gasteiger partial charge in [0.05, 0.1) is 6.54 Å². The molecule has 0 bridgehead atoms. The van der Waals surface area contributed by atoms with Gasteiger partial charge in [-0.2, -0.15) is 0 Å². The molecule has 3 aliphatic heterocycles. The number of nitrogens with zero attached hydrogens (tertiary/aromatic N) is 5. The lowest BCUT2D eigenvalue weighted by Crippen LogP contribution is -2.63.